The van der Waals surface area contributed by atoms with Crippen LogP contribution in [0.15, 0.2) is 10.8 Å². The van der Waals surface area contributed by atoms with Crippen molar-refractivity contribution in [2.24, 2.45) is 0 Å². The largest absolute Gasteiger partial charge is 0.312 e. The third-order valence-electron chi connectivity index (χ3n) is 3.61. The van der Waals surface area contributed by atoms with Crippen LogP contribution in [-0.2, 0) is 13.0 Å². The van der Waals surface area contributed by atoms with E-state index in [2.05, 4.69) is 36.8 Å². The molecule has 1 N–H and O–H groups in total. The highest BCUT2D eigenvalue weighted by atomic mass is 32.1. The van der Waals surface area contributed by atoms with Gasteiger partial charge < -0.3 is 5.32 Å². The van der Waals surface area contributed by atoms with Gasteiger partial charge in [-0.05, 0) is 23.8 Å². The Morgan fingerprint density at radius 1 is 1.26 bits per heavy atom. The zero-order valence-electron chi connectivity index (χ0n) is 11.7. The van der Waals surface area contributed by atoms with E-state index in [9.17, 15) is 0 Å². The van der Waals surface area contributed by atoms with Crippen molar-refractivity contribution in [1.82, 2.24) is 15.3 Å². The number of thiophene rings is 1. The normalized spacial score (nSPS) is 14.7. The molecule has 1 aliphatic heterocycles. The Morgan fingerprint density at radius 3 is 2.79 bits per heavy atom. The summed E-state index contributed by atoms with van der Waals surface area (Å²) in [7, 11) is 0. The Kier molecular flexibility index (Phi) is 3.37. The standard InChI is InChI=1S/C15H19N3S/c1-9(2)14-11-6-16-5-4-13(11)17-15(18-14)12-8-19-7-10(12)3/h7-9,16H,4-6H2,1-3H3. The van der Waals surface area contributed by atoms with Gasteiger partial charge in [0.1, 0.15) is 0 Å². The Balaban J connectivity index is 2.17. The van der Waals surface area contributed by atoms with Gasteiger partial charge in [-0.3, -0.25) is 0 Å². The number of hydrogen-bond donors (Lipinski definition) is 1. The molecule has 3 nitrogen and oxygen atoms in total. The van der Waals surface area contributed by atoms with Gasteiger partial charge in [0.05, 0.1) is 11.4 Å². The molecular weight excluding hydrogens is 254 g/mol. The molecule has 0 atom stereocenters. The molecule has 0 amide bonds. The van der Waals surface area contributed by atoms with Crippen LogP contribution >= 0.6 is 11.3 Å². The molecule has 0 aliphatic carbocycles. The number of fused-ring (bicyclic) bond motifs is 1. The van der Waals surface area contributed by atoms with Crippen molar-refractivity contribution in [3.05, 3.63) is 33.3 Å². The quantitative estimate of drug-likeness (QED) is 0.912. The summed E-state index contributed by atoms with van der Waals surface area (Å²) in [5.74, 6) is 1.34. The minimum absolute atomic E-state index is 0.439. The number of nitrogens with zero attached hydrogens (tertiary/aromatic N) is 2. The molecule has 100 valence electrons. The van der Waals surface area contributed by atoms with Gasteiger partial charge >= 0.3 is 0 Å². The van der Waals surface area contributed by atoms with Crippen molar-refractivity contribution < 1.29 is 0 Å². The minimum atomic E-state index is 0.439. The van der Waals surface area contributed by atoms with Gasteiger partial charge in [-0.25, -0.2) is 9.97 Å². The van der Waals surface area contributed by atoms with E-state index in [1.54, 1.807) is 11.3 Å². The maximum atomic E-state index is 4.84. The van der Waals surface area contributed by atoms with E-state index in [0.29, 0.717) is 5.92 Å². The SMILES string of the molecule is Cc1cscc1-c1nc2c(c(C(C)C)n1)CNCC2. The molecule has 0 spiro atoms. The molecular formula is C15H19N3S. The molecule has 19 heavy (non-hydrogen) atoms. The topological polar surface area (TPSA) is 37.8 Å². The summed E-state index contributed by atoms with van der Waals surface area (Å²) in [6.07, 6.45) is 1.01. The van der Waals surface area contributed by atoms with Crippen LogP contribution < -0.4 is 5.32 Å². The monoisotopic (exact) mass is 273 g/mol. The molecule has 3 heterocycles. The molecule has 0 fully saturated rings. The third-order valence-corrected chi connectivity index (χ3v) is 4.47. The first-order valence-electron chi connectivity index (χ1n) is 6.80. The number of hydrogen-bond acceptors (Lipinski definition) is 4. The summed E-state index contributed by atoms with van der Waals surface area (Å²) in [6, 6.07) is 0. The third kappa shape index (κ3) is 2.30. The summed E-state index contributed by atoms with van der Waals surface area (Å²) >= 11 is 1.72. The average Bonchev–Trinajstić information content (AvgIpc) is 2.83. The molecule has 2 aromatic heterocycles. The van der Waals surface area contributed by atoms with Crippen LogP contribution in [0.25, 0.3) is 11.4 Å². The first-order valence-corrected chi connectivity index (χ1v) is 7.74. The lowest BCUT2D eigenvalue weighted by Crippen LogP contribution is -2.27. The Hall–Kier alpha value is -1.26. The van der Waals surface area contributed by atoms with Gasteiger partial charge in [-0.2, -0.15) is 11.3 Å². The van der Waals surface area contributed by atoms with Crippen molar-refractivity contribution in [3.8, 4) is 11.4 Å². The highest BCUT2D eigenvalue weighted by Gasteiger charge is 2.20. The minimum Gasteiger partial charge on any atom is -0.312 e. The smallest absolute Gasteiger partial charge is 0.160 e. The van der Waals surface area contributed by atoms with E-state index < -0.39 is 0 Å². The fourth-order valence-electron chi connectivity index (χ4n) is 2.56. The van der Waals surface area contributed by atoms with Crippen molar-refractivity contribution in [1.29, 1.82) is 0 Å². The fraction of sp³-hybridized carbons (Fsp3) is 0.467. The molecule has 0 aromatic carbocycles. The van der Waals surface area contributed by atoms with Crippen LogP contribution in [0.4, 0.5) is 0 Å². The Labute approximate surface area is 118 Å². The van der Waals surface area contributed by atoms with Crippen molar-refractivity contribution >= 4 is 11.3 Å². The Morgan fingerprint density at radius 2 is 2.11 bits per heavy atom. The van der Waals surface area contributed by atoms with Crippen molar-refractivity contribution in [3.63, 3.8) is 0 Å². The van der Waals surface area contributed by atoms with Crippen LogP contribution in [-0.4, -0.2) is 16.5 Å². The maximum Gasteiger partial charge on any atom is 0.160 e. The summed E-state index contributed by atoms with van der Waals surface area (Å²) in [5.41, 5.74) is 6.22. The highest BCUT2D eigenvalue weighted by Crippen LogP contribution is 2.29. The second kappa shape index (κ2) is 5.02. The second-order valence-electron chi connectivity index (χ2n) is 5.41. The molecule has 0 radical (unpaired) electrons. The molecule has 0 bridgehead atoms. The lowest BCUT2D eigenvalue weighted by atomic mass is 9.98. The van der Waals surface area contributed by atoms with E-state index >= 15 is 0 Å². The molecule has 0 saturated carbocycles. The van der Waals surface area contributed by atoms with Crippen LogP contribution in [0.5, 0.6) is 0 Å². The first-order chi connectivity index (χ1) is 9.16. The van der Waals surface area contributed by atoms with Gasteiger partial charge in [0.15, 0.2) is 5.82 Å². The highest BCUT2D eigenvalue weighted by molar-refractivity contribution is 7.08. The number of rotatable bonds is 2. The lowest BCUT2D eigenvalue weighted by Gasteiger charge is -2.21. The van der Waals surface area contributed by atoms with Crippen molar-refractivity contribution in [2.75, 3.05) is 6.54 Å². The van der Waals surface area contributed by atoms with E-state index in [0.717, 1.165) is 25.3 Å². The number of nitrogens with one attached hydrogen (secondary N) is 1. The molecule has 0 saturated heterocycles. The predicted molar refractivity (Wildman–Crippen MR) is 79.6 cm³/mol. The van der Waals surface area contributed by atoms with Gasteiger partial charge in [0, 0.05) is 36.0 Å². The summed E-state index contributed by atoms with van der Waals surface area (Å²) in [6.45, 7) is 8.48. The fourth-order valence-corrected chi connectivity index (χ4v) is 3.38. The van der Waals surface area contributed by atoms with E-state index in [1.807, 2.05) is 0 Å². The van der Waals surface area contributed by atoms with Crippen LogP contribution in [0.2, 0.25) is 0 Å². The van der Waals surface area contributed by atoms with Crippen LogP contribution in [0, 0.1) is 6.92 Å². The number of aromatic nitrogens is 2. The molecule has 4 heteroatoms. The molecule has 2 aromatic rings. The first kappa shape index (κ1) is 12.8. The summed E-state index contributed by atoms with van der Waals surface area (Å²) < 4.78 is 0. The number of aryl methyl sites for hydroxylation is 1. The van der Waals surface area contributed by atoms with Gasteiger partial charge in [0.2, 0.25) is 0 Å². The zero-order chi connectivity index (χ0) is 13.4. The van der Waals surface area contributed by atoms with Gasteiger partial charge in [-0.1, -0.05) is 13.8 Å². The van der Waals surface area contributed by atoms with Crippen LogP contribution in [0.1, 0.15) is 42.3 Å². The molecule has 1 aliphatic rings. The van der Waals surface area contributed by atoms with Gasteiger partial charge in [-0.15, -0.1) is 0 Å². The van der Waals surface area contributed by atoms with E-state index in [4.69, 9.17) is 9.97 Å². The predicted octanol–water partition coefficient (Wildman–Crippen LogP) is 3.28. The molecule has 0 unspecified atom stereocenters. The van der Waals surface area contributed by atoms with E-state index in [1.165, 1.54) is 28.1 Å². The van der Waals surface area contributed by atoms with Gasteiger partial charge in [0.25, 0.3) is 0 Å². The van der Waals surface area contributed by atoms with Crippen molar-refractivity contribution in [2.45, 2.75) is 39.7 Å². The Bertz CT molecular complexity index is 601. The lowest BCUT2D eigenvalue weighted by molar-refractivity contribution is 0.609. The molecule has 3 rings (SSSR count). The van der Waals surface area contributed by atoms with Crippen LogP contribution in [0.3, 0.4) is 0 Å². The zero-order valence-corrected chi connectivity index (χ0v) is 12.5. The summed E-state index contributed by atoms with van der Waals surface area (Å²) in [5, 5.41) is 7.74. The van der Waals surface area contributed by atoms with E-state index in [-0.39, 0.29) is 0 Å². The maximum absolute atomic E-state index is 4.84. The summed E-state index contributed by atoms with van der Waals surface area (Å²) in [4.78, 5) is 9.66. The average molecular weight is 273 g/mol. The second-order valence-corrected chi connectivity index (χ2v) is 6.15.